The monoisotopic (exact) mass is 273 g/mol. The SMILES string of the molecule is CCC(CSC)N(C)C(=O)C1(C(N)=NO)CCC1. The van der Waals surface area contributed by atoms with Crippen LogP contribution in [0.3, 0.4) is 0 Å². The van der Waals surface area contributed by atoms with Gasteiger partial charge in [-0.2, -0.15) is 11.8 Å². The van der Waals surface area contributed by atoms with Crippen LogP contribution in [0, 0.1) is 5.41 Å². The van der Waals surface area contributed by atoms with Gasteiger partial charge in [-0.15, -0.1) is 0 Å². The van der Waals surface area contributed by atoms with E-state index < -0.39 is 5.41 Å². The highest BCUT2D eigenvalue weighted by molar-refractivity contribution is 7.98. The van der Waals surface area contributed by atoms with Crippen molar-refractivity contribution in [1.82, 2.24) is 4.90 Å². The Morgan fingerprint density at radius 2 is 2.22 bits per heavy atom. The molecule has 0 bridgehead atoms. The van der Waals surface area contributed by atoms with Crippen molar-refractivity contribution in [2.45, 2.75) is 38.6 Å². The van der Waals surface area contributed by atoms with E-state index in [1.54, 1.807) is 16.7 Å². The highest BCUT2D eigenvalue weighted by Gasteiger charge is 2.50. The Kier molecular flexibility index (Phi) is 5.31. The second-order valence-electron chi connectivity index (χ2n) is 4.85. The summed E-state index contributed by atoms with van der Waals surface area (Å²) in [4.78, 5) is 14.3. The minimum Gasteiger partial charge on any atom is -0.409 e. The summed E-state index contributed by atoms with van der Waals surface area (Å²) in [5.41, 5.74) is 4.96. The first kappa shape index (κ1) is 15.1. The summed E-state index contributed by atoms with van der Waals surface area (Å²) in [6, 6.07) is 0.205. The maximum Gasteiger partial charge on any atom is 0.236 e. The number of oxime groups is 1. The van der Waals surface area contributed by atoms with E-state index in [0.29, 0.717) is 12.8 Å². The maximum absolute atomic E-state index is 12.6. The number of amides is 1. The molecule has 104 valence electrons. The van der Waals surface area contributed by atoms with Gasteiger partial charge in [0.05, 0.1) is 0 Å². The van der Waals surface area contributed by atoms with Gasteiger partial charge in [-0.3, -0.25) is 4.79 Å². The summed E-state index contributed by atoms with van der Waals surface area (Å²) in [7, 11) is 1.82. The van der Waals surface area contributed by atoms with Gasteiger partial charge in [0.2, 0.25) is 5.91 Å². The lowest BCUT2D eigenvalue weighted by atomic mass is 9.66. The van der Waals surface area contributed by atoms with E-state index in [2.05, 4.69) is 12.1 Å². The number of nitrogens with zero attached hydrogens (tertiary/aromatic N) is 2. The van der Waals surface area contributed by atoms with Gasteiger partial charge >= 0.3 is 0 Å². The predicted octanol–water partition coefficient (Wildman–Crippen LogP) is 1.50. The van der Waals surface area contributed by atoms with E-state index in [-0.39, 0.29) is 17.8 Å². The average Bonchev–Trinajstić information content (AvgIpc) is 2.33. The standard InChI is InChI=1S/C12H23N3O2S/c1-4-9(8-18-3)15(2)11(16)12(6-5-7-12)10(13)14-17/h9,17H,4-8H2,1-3H3,(H2,13,14). The van der Waals surface area contributed by atoms with Gasteiger partial charge in [0.15, 0.2) is 5.84 Å². The van der Waals surface area contributed by atoms with Crippen molar-refractivity contribution in [1.29, 1.82) is 0 Å². The number of rotatable bonds is 6. The molecule has 0 aromatic rings. The molecule has 1 atom stereocenters. The Morgan fingerprint density at radius 3 is 2.56 bits per heavy atom. The van der Waals surface area contributed by atoms with E-state index in [9.17, 15) is 4.79 Å². The third kappa shape index (κ3) is 2.58. The lowest BCUT2D eigenvalue weighted by Gasteiger charge is -2.43. The first-order chi connectivity index (χ1) is 8.53. The van der Waals surface area contributed by atoms with Crippen LogP contribution in [0.1, 0.15) is 32.6 Å². The molecule has 1 amide bonds. The molecule has 1 unspecified atom stereocenters. The van der Waals surface area contributed by atoms with Crippen molar-refractivity contribution in [3.8, 4) is 0 Å². The van der Waals surface area contributed by atoms with Gasteiger partial charge in [0.25, 0.3) is 0 Å². The van der Waals surface area contributed by atoms with E-state index >= 15 is 0 Å². The summed E-state index contributed by atoms with van der Waals surface area (Å²) in [5, 5.41) is 11.9. The number of hydrogen-bond donors (Lipinski definition) is 2. The first-order valence-electron chi connectivity index (χ1n) is 6.27. The molecule has 1 aliphatic carbocycles. The smallest absolute Gasteiger partial charge is 0.236 e. The third-order valence-corrected chi connectivity index (χ3v) is 4.63. The second kappa shape index (κ2) is 6.31. The predicted molar refractivity (Wildman–Crippen MR) is 74.9 cm³/mol. The van der Waals surface area contributed by atoms with Crippen LogP contribution in [-0.4, -0.2) is 46.9 Å². The number of carbonyl (C=O) groups is 1. The molecule has 6 heteroatoms. The molecule has 0 aliphatic heterocycles. The number of thioether (sulfide) groups is 1. The van der Waals surface area contributed by atoms with Gasteiger partial charge in [0, 0.05) is 18.8 Å². The van der Waals surface area contributed by atoms with Crippen LogP contribution in [0.2, 0.25) is 0 Å². The molecule has 18 heavy (non-hydrogen) atoms. The van der Waals surface area contributed by atoms with Crippen LogP contribution < -0.4 is 5.73 Å². The third-order valence-electron chi connectivity index (χ3n) is 3.91. The Labute approximate surface area is 113 Å². The van der Waals surface area contributed by atoms with Crippen LogP contribution in [0.5, 0.6) is 0 Å². The van der Waals surface area contributed by atoms with Crippen molar-refractivity contribution in [3.05, 3.63) is 0 Å². The lowest BCUT2D eigenvalue weighted by Crippen LogP contribution is -2.56. The Hall–Kier alpha value is -0.910. The van der Waals surface area contributed by atoms with E-state index in [1.807, 2.05) is 13.3 Å². The molecule has 0 aromatic heterocycles. The highest BCUT2D eigenvalue weighted by Crippen LogP contribution is 2.43. The fourth-order valence-corrected chi connectivity index (χ4v) is 3.25. The number of hydrogen-bond acceptors (Lipinski definition) is 4. The summed E-state index contributed by atoms with van der Waals surface area (Å²) < 4.78 is 0. The number of carbonyl (C=O) groups excluding carboxylic acids is 1. The van der Waals surface area contributed by atoms with Crippen molar-refractivity contribution in [3.63, 3.8) is 0 Å². The van der Waals surface area contributed by atoms with Crippen molar-refractivity contribution in [2.75, 3.05) is 19.1 Å². The van der Waals surface area contributed by atoms with Gasteiger partial charge in [-0.25, -0.2) is 0 Å². The number of nitrogens with two attached hydrogens (primary N) is 1. The molecule has 3 N–H and O–H groups in total. The quantitative estimate of drug-likeness (QED) is 0.333. The molecule has 0 radical (unpaired) electrons. The fourth-order valence-electron chi connectivity index (χ4n) is 2.40. The van der Waals surface area contributed by atoms with Crippen LogP contribution >= 0.6 is 11.8 Å². The molecule has 1 saturated carbocycles. The molecular formula is C12H23N3O2S. The van der Waals surface area contributed by atoms with Gasteiger partial charge in [-0.05, 0) is 25.5 Å². The zero-order valence-corrected chi connectivity index (χ0v) is 12.2. The van der Waals surface area contributed by atoms with E-state index in [1.165, 1.54) is 0 Å². The summed E-state index contributed by atoms with van der Waals surface area (Å²) >= 11 is 1.73. The summed E-state index contributed by atoms with van der Waals surface area (Å²) in [6.45, 7) is 2.07. The van der Waals surface area contributed by atoms with Gasteiger partial charge in [0.1, 0.15) is 5.41 Å². The van der Waals surface area contributed by atoms with Crippen molar-refractivity contribution in [2.24, 2.45) is 16.3 Å². The Balaban J connectivity index is 2.84. The second-order valence-corrected chi connectivity index (χ2v) is 5.77. The lowest BCUT2D eigenvalue weighted by molar-refractivity contribution is -0.142. The van der Waals surface area contributed by atoms with Crippen LogP contribution in [0.25, 0.3) is 0 Å². The largest absolute Gasteiger partial charge is 0.409 e. The topological polar surface area (TPSA) is 78.9 Å². The van der Waals surface area contributed by atoms with Crippen LogP contribution in [0.4, 0.5) is 0 Å². The normalized spacial score (nSPS) is 20.1. The zero-order valence-electron chi connectivity index (χ0n) is 11.3. The zero-order chi connectivity index (χ0) is 13.8. The maximum atomic E-state index is 12.6. The molecule has 0 heterocycles. The molecule has 0 saturated heterocycles. The highest BCUT2D eigenvalue weighted by atomic mass is 32.2. The average molecular weight is 273 g/mol. The first-order valence-corrected chi connectivity index (χ1v) is 7.67. The van der Waals surface area contributed by atoms with Crippen LogP contribution in [-0.2, 0) is 4.79 Å². The fraction of sp³-hybridized carbons (Fsp3) is 0.833. The van der Waals surface area contributed by atoms with E-state index in [4.69, 9.17) is 10.9 Å². The summed E-state index contributed by atoms with van der Waals surface area (Å²) in [5.74, 6) is 0.958. The minimum absolute atomic E-state index is 0.00931. The molecule has 1 fully saturated rings. The molecule has 1 rings (SSSR count). The van der Waals surface area contributed by atoms with Crippen LogP contribution in [0.15, 0.2) is 5.16 Å². The Bertz CT molecular complexity index is 329. The number of amidine groups is 1. The molecule has 0 aromatic carbocycles. The van der Waals surface area contributed by atoms with Gasteiger partial charge < -0.3 is 15.8 Å². The molecule has 0 spiro atoms. The summed E-state index contributed by atoms with van der Waals surface area (Å²) in [6.07, 6.45) is 5.26. The molecule has 5 nitrogen and oxygen atoms in total. The van der Waals surface area contributed by atoms with Gasteiger partial charge in [-0.1, -0.05) is 18.5 Å². The van der Waals surface area contributed by atoms with Crippen molar-refractivity contribution < 1.29 is 10.0 Å². The molecular weight excluding hydrogens is 250 g/mol. The Morgan fingerprint density at radius 1 is 1.61 bits per heavy atom. The van der Waals surface area contributed by atoms with E-state index in [0.717, 1.165) is 18.6 Å². The van der Waals surface area contributed by atoms with Crippen molar-refractivity contribution >= 4 is 23.5 Å². The molecule has 1 aliphatic rings. The minimum atomic E-state index is -0.755.